The Labute approximate surface area is 120 Å². The lowest BCUT2D eigenvalue weighted by Crippen LogP contribution is -2.72. The van der Waals surface area contributed by atoms with E-state index in [9.17, 15) is 0 Å². The van der Waals surface area contributed by atoms with Crippen molar-refractivity contribution in [3.05, 3.63) is 24.5 Å². The summed E-state index contributed by atoms with van der Waals surface area (Å²) in [6.45, 7) is 8.51. The van der Waals surface area contributed by atoms with Crippen LogP contribution in [0.3, 0.4) is 0 Å². The molecule has 108 valence electrons. The highest BCUT2D eigenvalue weighted by atomic mass is 31.1. The normalized spacial score (nSPS) is 53.3. The highest BCUT2D eigenvalue weighted by Crippen LogP contribution is 2.75. The second-order valence-electron chi connectivity index (χ2n) is 6.82. The van der Waals surface area contributed by atoms with Crippen LogP contribution in [0.15, 0.2) is 24.5 Å². The van der Waals surface area contributed by atoms with Gasteiger partial charge in [-0.05, 0) is 41.7 Å². The minimum absolute atomic E-state index is 0.217. The molecule has 0 unspecified atom stereocenters. The molecule has 0 aliphatic carbocycles. The standard InChI is InChI=1S/C15H20NO3P/c1-12-9-14(3)19-13(2,17-12)10-15(4,18-12)20(14)11-6-5-7-16-8-11/h5-8H,9-10H2,1-4H3/t12-,13-,14+,15+/m0/s1. The van der Waals surface area contributed by atoms with Crippen LogP contribution in [0.4, 0.5) is 0 Å². The van der Waals surface area contributed by atoms with Crippen LogP contribution in [0.5, 0.6) is 0 Å². The van der Waals surface area contributed by atoms with E-state index in [4.69, 9.17) is 14.2 Å². The Hall–Kier alpha value is -0.540. The molecule has 1 aromatic rings. The zero-order valence-corrected chi connectivity index (χ0v) is 13.2. The lowest BCUT2D eigenvalue weighted by molar-refractivity contribution is -0.467. The second-order valence-corrected chi connectivity index (χ2v) is 9.90. The van der Waals surface area contributed by atoms with Crippen molar-refractivity contribution in [3.63, 3.8) is 0 Å². The molecule has 5 heterocycles. The summed E-state index contributed by atoms with van der Waals surface area (Å²) < 4.78 is 18.9. The number of hydrogen-bond donors (Lipinski definition) is 0. The topological polar surface area (TPSA) is 40.6 Å². The summed E-state index contributed by atoms with van der Waals surface area (Å²) in [4.78, 5) is 4.29. The van der Waals surface area contributed by atoms with Gasteiger partial charge in [0, 0.05) is 30.5 Å². The number of aromatic nitrogens is 1. The molecule has 4 aliphatic rings. The Kier molecular flexibility index (Phi) is 2.38. The van der Waals surface area contributed by atoms with Gasteiger partial charge in [-0.1, -0.05) is 6.07 Å². The van der Waals surface area contributed by atoms with Crippen LogP contribution in [-0.4, -0.2) is 27.2 Å². The Morgan fingerprint density at radius 3 is 2.10 bits per heavy atom. The van der Waals surface area contributed by atoms with Crippen LogP contribution >= 0.6 is 7.92 Å². The van der Waals surface area contributed by atoms with E-state index in [0.29, 0.717) is 0 Å². The Bertz CT molecular complexity index is 519. The molecule has 0 saturated carbocycles. The van der Waals surface area contributed by atoms with Gasteiger partial charge in [-0.3, -0.25) is 4.98 Å². The molecule has 5 rings (SSSR count). The first-order valence-electron chi connectivity index (χ1n) is 7.07. The van der Waals surface area contributed by atoms with Gasteiger partial charge in [-0.25, -0.2) is 0 Å². The van der Waals surface area contributed by atoms with E-state index < -0.39 is 19.5 Å². The Balaban J connectivity index is 1.87. The second kappa shape index (κ2) is 3.61. The summed E-state index contributed by atoms with van der Waals surface area (Å²) >= 11 is 0. The summed E-state index contributed by atoms with van der Waals surface area (Å²) in [5.41, 5.74) is 0. The van der Waals surface area contributed by atoms with Crippen LogP contribution in [0, 0.1) is 0 Å². The molecule has 20 heavy (non-hydrogen) atoms. The van der Waals surface area contributed by atoms with Gasteiger partial charge in [0.1, 0.15) is 0 Å². The van der Waals surface area contributed by atoms with E-state index in [1.807, 2.05) is 32.3 Å². The minimum atomic E-state index is -0.616. The predicted molar refractivity (Wildman–Crippen MR) is 76.9 cm³/mol. The zero-order valence-electron chi connectivity index (χ0n) is 12.3. The molecule has 4 saturated heterocycles. The van der Waals surface area contributed by atoms with Gasteiger partial charge in [0.15, 0.2) is 11.6 Å². The summed E-state index contributed by atoms with van der Waals surface area (Å²) in [7, 11) is -0.616. The fraction of sp³-hybridized carbons (Fsp3) is 0.667. The van der Waals surface area contributed by atoms with Gasteiger partial charge < -0.3 is 14.2 Å². The average molecular weight is 293 g/mol. The van der Waals surface area contributed by atoms with Crippen molar-refractivity contribution >= 4 is 13.2 Å². The number of hydrogen-bond acceptors (Lipinski definition) is 4. The molecule has 5 heteroatoms. The number of rotatable bonds is 1. The van der Waals surface area contributed by atoms with Gasteiger partial charge in [-0.15, -0.1) is 0 Å². The predicted octanol–water partition coefficient (Wildman–Crippen LogP) is 2.92. The average Bonchev–Trinajstić information content (AvgIpc) is 2.22. The van der Waals surface area contributed by atoms with E-state index in [1.54, 1.807) is 0 Å². The van der Waals surface area contributed by atoms with Crippen LogP contribution in [0.2, 0.25) is 0 Å². The van der Waals surface area contributed by atoms with Crippen molar-refractivity contribution in [3.8, 4) is 0 Å². The molecule has 0 N–H and O–H groups in total. The molecule has 0 aromatic carbocycles. The zero-order chi connectivity index (χ0) is 14.2. The highest BCUT2D eigenvalue weighted by molar-refractivity contribution is 7.68. The maximum atomic E-state index is 6.39. The van der Waals surface area contributed by atoms with Crippen LogP contribution < -0.4 is 5.30 Å². The van der Waals surface area contributed by atoms with Gasteiger partial charge in [0.05, 0.1) is 10.7 Å². The third kappa shape index (κ3) is 1.66. The molecular formula is C15H20NO3P. The van der Waals surface area contributed by atoms with Gasteiger partial charge >= 0.3 is 0 Å². The van der Waals surface area contributed by atoms with E-state index in [0.717, 1.165) is 12.8 Å². The molecule has 4 bridgehead atoms. The summed E-state index contributed by atoms with van der Waals surface area (Å²) in [5.74, 6) is -1.06. The monoisotopic (exact) mass is 293 g/mol. The van der Waals surface area contributed by atoms with Crippen molar-refractivity contribution in [1.29, 1.82) is 0 Å². The maximum absolute atomic E-state index is 6.39. The van der Waals surface area contributed by atoms with Crippen LogP contribution in [-0.2, 0) is 14.2 Å². The maximum Gasteiger partial charge on any atom is 0.173 e. The number of nitrogens with zero attached hydrogens (tertiary/aromatic N) is 1. The Morgan fingerprint density at radius 2 is 1.60 bits per heavy atom. The van der Waals surface area contributed by atoms with Gasteiger partial charge in [0.25, 0.3) is 0 Å². The van der Waals surface area contributed by atoms with E-state index in [2.05, 4.69) is 24.9 Å². The molecule has 4 fully saturated rings. The van der Waals surface area contributed by atoms with E-state index in [1.165, 1.54) is 5.30 Å². The number of pyridine rings is 1. The molecule has 4 aliphatic heterocycles. The number of ether oxygens (including phenoxy) is 3. The molecule has 0 spiro atoms. The molecule has 0 radical (unpaired) electrons. The van der Waals surface area contributed by atoms with Crippen molar-refractivity contribution in [2.45, 2.75) is 62.8 Å². The van der Waals surface area contributed by atoms with Gasteiger partial charge in [0.2, 0.25) is 0 Å². The fourth-order valence-electron chi connectivity index (χ4n) is 4.62. The summed E-state index contributed by atoms with van der Waals surface area (Å²) in [6.07, 6.45) is 5.31. The first kappa shape index (κ1) is 13.1. The van der Waals surface area contributed by atoms with Crippen LogP contribution in [0.1, 0.15) is 40.5 Å². The van der Waals surface area contributed by atoms with E-state index >= 15 is 0 Å². The first-order valence-corrected chi connectivity index (χ1v) is 8.41. The third-order valence-electron chi connectivity index (χ3n) is 4.45. The third-order valence-corrected chi connectivity index (χ3v) is 7.62. The fourth-order valence-corrected chi connectivity index (χ4v) is 8.59. The SMILES string of the molecule is C[C@@]12C[C@]3(C)O[C@@](C)(C[C@](C)(O1)P3c1cccnc1)O2. The van der Waals surface area contributed by atoms with E-state index in [-0.39, 0.29) is 10.7 Å². The van der Waals surface area contributed by atoms with Crippen molar-refractivity contribution in [2.24, 2.45) is 0 Å². The highest BCUT2D eigenvalue weighted by Gasteiger charge is 2.71. The molecule has 4 atom stereocenters. The first-order chi connectivity index (χ1) is 9.26. The summed E-state index contributed by atoms with van der Waals surface area (Å²) in [6, 6.07) is 4.14. The molecule has 0 amide bonds. The van der Waals surface area contributed by atoms with Crippen molar-refractivity contribution in [2.75, 3.05) is 0 Å². The molecule has 1 aromatic heterocycles. The quantitative estimate of drug-likeness (QED) is 0.747. The van der Waals surface area contributed by atoms with Crippen molar-refractivity contribution < 1.29 is 14.2 Å². The largest absolute Gasteiger partial charge is 0.339 e. The van der Waals surface area contributed by atoms with Gasteiger partial charge in [-0.2, -0.15) is 0 Å². The lowest BCUT2D eigenvalue weighted by atomic mass is 9.98. The molecule has 4 nitrogen and oxygen atoms in total. The minimum Gasteiger partial charge on any atom is -0.339 e. The smallest absolute Gasteiger partial charge is 0.173 e. The Morgan fingerprint density at radius 1 is 1.00 bits per heavy atom. The summed E-state index contributed by atoms with van der Waals surface area (Å²) in [5, 5.41) is 0.815. The molecular weight excluding hydrogens is 273 g/mol. The lowest BCUT2D eigenvalue weighted by Gasteiger charge is -2.69. The van der Waals surface area contributed by atoms with Crippen molar-refractivity contribution in [1.82, 2.24) is 4.98 Å². The van der Waals surface area contributed by atoms with Crippen LogP contribution in [0.25, 0.3) is 0 Å².